The number of nitrogens with zero attached hydrogens (tertiary/aromatic N) is 2. The third-order valence-electron chi connectivity index (χ3n) is 2.49. The Kier molecular flexibility index (Phi) is 3.12. The molecule has 5 heteroatoms. The molecule has 84 valence electrons. The first-order valence-electron chi connectivity index (χ1n) is 4.82. The fourth-order valence-electron chi connectivity index (χ4n) is 1.41. The molecule has 0 unspecified atom stereocenters. The van der Waals surface area contributed by atoms with Gasteiger partial charge in [0.05, 0.1) is 11.7 Å². The maximum Gasteiger partial charge on any atom is 0.270 e. The van der Waals surface area contributed by atoms with Crippen LogP contribution in [-0.2, 0) is 0 Å². The van der Waals surface area contributed by atoms with Crippen LogP contribution in [0.15, 0.2) is 12.1 Å². The van der Waals surface area contributed by atoms with Gasteiger partial charge in [-0.2, -0.15) is 4.37 Å². The number of ether oxygens (including phenoxy) is 1. The molecule has 0 aliphatic rings. The summed E-state index contributed by atoms with van der Waals surface area (Å²) in [6.45, 7) is 6.06. The van der Waals surface area contributed by atoms with Crippen LogP contribution >= 0.6 is 23.3 Å². The molecule has 0 radical (unpaired) electrons. The van der Waals surface area contributed by atoms with Crippen LogP contribution in [0.2, 0.25) is 5.15 Å². The van der Waals surface area contributed by atoms with E-state index >= 15 is 0 Å². The zero-order valence-electron chi connectivity index (χ0n) is 9.24. The Hall–Kier alpha value is -1.13. The van der Waals surface area contributed by atoms with Crippen molar-refractivity contribution in [2.75, 3.05) is 0 Å². The van der Waals surface area contributed by atoms with Gasteiger partial charge in [-0.25, -0.2) is 0 Å². The number of rotatable bonds is 2. The Labute approximate surface area is 103 Å². The lowest BCUT2D eigenvalue weighted by Crippen LogP contribution is -1.93. The highest BCUT2D eigenvalue weighted by atomic mass is 35.5. The summed E-state index contributed by atoms with van der Waals surface area (Å²) in [6.07, 6.45) is 0. The standard InChI is InChI=1S/C11H11ClN2OS/c1-6-4-5-7(2)9(8(6)3)15-11-10(12)13-16-14-11/h4-5H,1-3H3. The lowest BCUT2D eigenvalue weighted by molar-refractivity contribution is 0.460. The van der Waals surface area contributed by atoms with E-state index in [1.807, 2.05) is 26.8 Å². The van der Waals surface area contributed by atoms with Crippen molar-refractivity contribution in [3.8, 4) is 11.6 Å². The lowest BCUT2D eigenvalue weighted by Gasteiger charge is -2.11. The molecule has 16 heavy (non-hydrogen) atoms. The highest BCUT2D eigenvalue weighted by Gasteiger charge is 2.12. The fourth-order valence-corrected chi connectivity index (χ4v) is 2.02. The molecule has 2 rings (SSSR count). The van der Waals surface area contributed by atoms with E-state index < -0.39 is 0 Å². The Morgan fingerprint density at radius 1 is 1.12 bits per heavy atom. The van der Waals surface area contributed by atoms with E-state index in [1.165, 1.54) is 5.56 Å². The highest BCUT2D eigenvalue weighted by Crippen LogP contribution is 2.32. The smallest absolute Gasteiger partial charge is 0.270 e. The molecule has 0 spiro atoms. The monoisotopic (exact) mass is 254 g/mol. The summed E-state index contributed by atoms with van der Waals surface area (Å²) >= 11 is 6.89. The van der Waals surface area contributed by atoms with Crippen LogP contribution < -0.4 is 4.74 Å². The van der Waals surface area contributed by atoms with E-state index in [0.717, 1.165) is 28.6 Å². The summed E-state index contributed by atoms with van der Waals surface area (Å²) in [5.74, 6) is 1.19. The van der Waals surface area contributed by atoms with Crippen molar-refractivity contribution >= 4 is 23.3 Å². The molecule has 0 amide bonds. The number of benzene rings is 1. The molecule has 0 saturated carbocycles. The molecule has 0 saturated heterocycles. The van der Waals surface area contributed by atoms with Crippen molar-refractivity contribution in [1.82, 2.24) is 8.75 Å². The first-order valence-corrected chi connectivity index (χ1v) is 5.93. The molecule has 0 N–H and O–H groups in total. The van der Waals surface area contributed by atoms with Crippen LogP contribution in [0.25, 0.3) is 0 Å². The molecule has 2 aromatic rings. The number of halogens is 1. The summed E-state index contributed by atoms with van der Waals surface area (Å²) < 4.78 is 13.6. The second kappa shape index (κ2) is 4.39. The summed E-state index contributed by atoms with van der Waals surface area (Å²) in [4.78, 5) is 0. The molecular weight excluding hydrogens is 244 g/mol. The van der Waals surface area contributed by atoms with Gasteiger partial charge in [-0.05, 0) is 37.5 Å². The molecule has 0 aliphatic heterocycles. The van der Waals surface area contributed by atoms with Crippen LogP contribution in [0.3, 0.4) is 0 Å². The van der Waals surface area contributed by atoms with E-state index in [1.54, 1.807) is 0 Å². The van der Waals surface area contributed by atoms with Crippen molar-refractivity contribution in [3.63, 3.8) is 0 Å². The minimum absolute atomic E-state index is 0.310. The zero-order chi connectivity index (χ0) is 11.7. The zero-order valence-corrected chi connectivity index (χ0v) is 10.8. The molecule has 0 fully saturated rings. The predicted octanol–water partition coefficient (Wildman–Crippen LogP) is 3.91. The normalized spacial score (nSPS) is 10.5. The SMILES string of the molecule is Cc1ccc(C)c(Oc2nsnc2Cl)c1C. The summed E-state index contributed by atoms with van der Waals surface area (Å²) in [5, 5.41) is 0.310. The van der Waals surface area contributed by atoms with Gasteiger partial charge >= 0.3 is 0 Å². The van der Waals surface area contributed by atoms with Crippen molar-refractivity contribution in [2.24, 2.45) is 0 Å². The molecule has 0 bridgehead atoms. The van der Waals surface area contributed by atoms with Crippen LogP contribution in [0.1, 0.15) is 16.7 Å². The van der Waals surface area contributed by atoms with E-state index in [2.05, 4.69) is 14.8 Å². The molecule has 1 aromatic carbocycles. The summed E-state index contributed by atoms with van der Waals surface area (Å²) in [5.41, 5.74) is 3.34. The maximum atomic E-state index is 5.85. The quantitative estimate of drug-likeness (QED) is 0.815. The third kappa shape index (κ3) is 2.03. The molecule has 1 heterocycles. The van der Waals surface area contributed by atoms with Crippen molar-refractivity contribution in [2.45, 2.75) is 20.8 Å². The Bertz CT molecular complexity index is 525. The van der Waals surface area contributed by atoms with Gasteiger partial charge in [0.15, 0.2) is 0 Å². The second-order valence-electron chi connectivity index (χ2n) is 3.62. The van der Waals surface area contributed by atoms with Crippen LogP contribution in [0.5, 0.6) is 11.6 Å². The maximum absolute atomic E-state index is 5.85. The predicted molar refractivity (Wildman–Crippen MR) is 65.6 cm³/mol. The van der Waals surface area contributed by atoms with Crippen LogP contribution in [0, 0.1) is 20.8 Å². The van der Waals surface area contributed by atoms with Gasteiger partial charge in [0.2, 0.25) is 5.15 Å². The summed E-state index contributed by atoms with van der Waals surface area (Å²) in [7, 11) is 0. The number of aromatic nitrogens is 2. The average Bonchev–Trinajstić information content (AvgIpc) is 2.65. The van der Waals surface area contributed by atoms with Gasteiger partial charge in [-0.15, -0.1) is 4.37 Å². The van der Waals surface area contributed by atoms with E-state index in [9.17, 15) is 0 Å². The van der Waals surface area contributed by atoms with Gasteiger partial charge in [0, 0.05) is 0 Å². The van der Waals surface area contributed by atoms with Crippen LogP contribution in [-0.4, -0.2) is 8.75 Å². The third-order valence-corrected chi connectivity index (χ3v) is 3.35. The average molecular weight is 255 g/mol. The first kappa shape index (κ1) is 11.4. The summed E-state index contributed by atoms with van der Waals surface area (Å²) in [6, 6.07) is 4.09. The second-order valence-corrected chi connectivity index (χ2v) is 4.50. The number of hydrogen-bond acceptors (Lipinski definition) is 4. The van der Waals surface area contributed by atoms with E-state index in [4.69, 9.17) is 16.3 Å². The number of hydrogen-bond donors (Lipinski definition) is 0. The fraction of sp³-hybridized carbons (Fsp3) is 0.273. The highest BCUT2D eigenvalue weighted by molar-refractivity contribution is 6.99. The van der Waals surface area contributed by atoms with Crippen molar-refractivity contribution in [1.29, 1.82) is 0 Å². The van der Waals surface area contributed by atoms with Gasteiger partial charge < -0.3 is 4.74 Å². The van der Waals surface area contributed by atoms with E-state index in [0.29, 0.717) is 11.0 Å². The van der Waals surface area contributed by atoms with E-state index in [-0.39, 0.29) is 0 Å². The minimum Gasteiger partial charge on any atom is -0.435 e. The lowest BCUT2D eigenvalue weighted by atomic mass is 10.1. The molecular formula is C11H11ClN2OS. The van der Waals surface area contributed by atoms with Gasteiger partial charge in [0.1, 0.15) is 5.75 Å². The molecule has 3 nitrogen and oxygen atoms in total. The molecule has 0 atom stereocenters. The van der Waals surface area contributed by atoms with Crippen molar-refractivity contribution in [3.05, 3.63) is 34.0 Å². The topological polar surface area (TPSA) is 35.0 Å². The van der Waals surface area contributed by atoms with Crippen LogP contribution in [0.4, 0.5) is 0 Å². The number of aryl methyl sites for hydroxylation is 2. The molecule has 1 aromatic heterocycles. The Morgan fingerprint density at radius 3 is 2.44 bits per heavy atom. The Balaban J connectivity index is 2.42. The Morgan fingerprint density at radius 2 is 1.81 bits per heavy atom. The van der Waals surface area contributed by atoms with Gasteiger partial charge in [-0.3, -0.25) is 0 Å². The molecule has 0 aliphatic carbocycles. The van der Waals surface area contributed by atoms with Crippen molar-refractivity contribution < 1.29 is 4.74 Å². The largest absolute Gasteiger partial charge is 0.435 e. The minimum atomic E-state index is 0.310. The van der Waals surface area contributed by atoms with Gasteiger partial charge in [0.25, 0.3) is 5.88 Å². The first-order chi connectivity index (χ1) is 7.59. The van der Waals surface area contributed by atoms with Gasteiger partial charge in [-0.1, -0.05) is 23.7 Å².